The Kier molecular flexibility index (Phi) is 3.74. The molecule has 128 valence electrons. The molecule has 1 saturated heterocycles. The quantitative estimate of drug-likeness (QED) is 0.755. The number of nitrogens with zero attached hydrogens (tertiary/aromatic N) is 3. The minimum Gasteiger partial charge on any atom is -0.395 e. The lowest BCUT2D eigenvalue weighted by molar-refractivity contribution is -0.114. The number of ether oxygens (including phenoxy) is 1. The molecule has 1 aliphatic rings. The predicted molar refractivity (Wildman–Crippen MR) is 92.8 cm³/mol. The fourth-order valence-electron chi connectivity index (χ4n) is 3.04. The second kappa shape index (κ2) is 5.94. The molecule has 3 aromatic rings. The third-order valence-corrected chi connectivity index (χ3v) is 4.52. The number of hydrogen-bond donors (Lipinski definition) is 2. The number of carbonyl (C=O) groups excluding carboxylic acids is 1. The van der Waals surface area contributed by atoms with Crippen LogP contribution >= 0.6 is 0 Å². The van der Waals surface area contributed by atoms with Gasteiger partial charge < -0.3 is 15.2 Å². The van der Waals surface area contributed by atoms with Gasteiger partial charge in [0.2, 0.25) is 5.91 Å². The molecule has 1 fully saturated rings. The van der Waals surface area contributed by atoms with Crippen LogP contribution in [0.4, 0.5) is 5.82 Å². The molecule has 2 aromatic heterocycles. The Balaban J connectivity index is 1.78. The van der Waals surface area contributed by atoms with Gasteiger partial charge in [0.15, 0.2) is 0 Å². The highest BCUT2D eigenvalue weighted by Gasteiger charge is 2.39. The normalized spacial score (nSPS) is 15.8. The van der Waals surface area contributed by atoms with Gasteiger partial charge in [-0.25, -0.2) is 9.67 Å². The maximum absolute atomic E-state index is 11.3. The lowest BCUT2D eigenvalue weighted by Crippen LogP contribution is -2.49. The third-order valence-electron chi connectivity index (χ3n) is 4.52. The van der Waals surface area contributed by atoms with Gasteiger partial charge in [0, 0.05) is 24.6 Å². The molecule has 1 aromatic carbocycles. The molecule has 1 amide bonds. The van der Waals surface area contributed by atoms with Crippen molar-refractivity contribution in [2.45, 2.75) is 12.3 Å². The van der Waals surface area contributed by atoms with Gasteiger partial charge in [-0.15, -0.1) is 0 Å². The summed E-state index contributed by atoms with van der Waals surface area (Å²) in [5.74, 6) is 0.312. The fourth-order valence-corrected chi connectivity index (χ4v) is 3.04. The van der Waals surface area contributed by atoms with Crippen LogP contribution in [0.3, 0.4) is 0 Å². The molecular weight excluding hydrogens is 320 g/mol. The minimum absolute atomic E-state index is 0.0485. The molecular formula is C18H18N4O3. The Morgan fingerprint density at radius 3 is 2.88 bits per heavy atom. The van der Waals surface area contributed by atoms with Gasteiger partial charge in [-0.1, -0.05) is 12.1 Å². The number of aliphatic hydroxyl groups excluding tert-OH is 1. The predicted octanol–water partition coefficient (Wildman–Crippen LogP) is 1.64. The van der Waals surface area contributed by atoms with E-state index in [4.69, 9.17) is 4.74 Å². The molecule has 4 rings (SSSR count). The number of aromatic nitrogens is 3. The average molecular weight is 338 g/mol. The van der Waals surface area contributed by atoms with Crippen molar-refractivity contribution in [3.8, 4) is 5.69 Å². The summed E-state index contributed by atoms with van der Waals surface area (Å²) in [6.45, 7) is 2.53. The Morgan fingerprint density at radius 2 is 2.20 bits per heavy atom. The number of fused-ring (bicyclic) bond motifs is 1. The van der Waals surface area contributed by atoms with Gasteiger partial charge in [-0.2, -0.15) is 5.10 Å². The van der Waals surface area contributed by atoms with Crippen LogP contribution < -0.4 is 5.32 Å². The Hall–Kier alpha value is -2.77. The van der Waals surface area contributed by atoms with Crippen molar-refractivity contribution in [3.63, 3.8) is 0 Å². The molecule has 0 atom stereocenters. The van der Waals surface area contributed by atoms with Gasteiger partial charge in [-0.3, -0.25) is 4.79 Å². The number of rotatable bonds is 4. The summed E-state index contributed by atoms with van der Waals surface area (Å²) in [5, 5.41) is 17.8. The highest BCUT2D eigenvalue weighted by atomic mass is 16.5. The zero-order valence-electron chi connectivity index (χ0n) is 13.8. The number of benzene rings is 1. The van der Waals surface area contributed by atoms with Gasteiger partial charge in [0.1, 0.15) is 5.82 Å². The van der Waals surface area contributed by atoms with Crippen LogP contribution in [0.15, 0.2) is 42.7 Å². The van der Waals surface area contributed by atoms with E-state index < -0.39 is 0 Å². The second-order valence-corrected chi connectivity index (χ2v) is 6.35. The first-order valence-electron chi connectivity index (χ1n) is 8.02. The van der Waals surface area contributed by atoms with Crippen LogP contribution in [0, 0.1) is 0 Å². The van der Waals surface area contributed by atoms with E-state index in [1.165, 1.54) is 6.92 Å². The van der Waals surface area contributed by atoms with E-state index in [0.717, 1.165) is 22.2 Å². The van der Waals surface area contributed by atoms with Crippen molar-refractivity contribution in [2.75, 3.05) is 25.1 Å². The molecule has 0 saturated carbocycles. The molecule has 7 heteroatoms. The van der Waals surface area contributed by atoms with Crippen LogP contribution in [-0.4, -0.2) is 45.6 Å². The molecule has 25 heavy (non-hydrogen) atoms. The van der Waals surface area contributed by atoms with Gasteiger partial charge in [0.05, 0.1) is 42.6 Å². The van der Waals surface area contributed by atoms with E-state index in [0.29, 0.717) is 19.0 Å². The first-order valence-corrected chi connectivity index (χ1v) is 8.02. The van der Waals surface area contributed by atoms with Crippen LogP contribution in [0.1, 0.15) is 12.5 Å². The molecule has 0 unspecified atom stereocenters. The third kappa shape index (κ3) is 2.67. The molecule has 2 N–H and O–H groups in total. The second-order valence-electron chi connectivity index (χ2n) is 6.35. The van der Waals surface area contributed by atoms with Crippen molar-refractivity contribution in [3.05, 3.63) is 48.3 Å². The highest BCUT2D eigenvalue weighted by molar-refractivity contribution is 5.90. The van der Waals surface area contributed by atoms with Crippen LogP contribution in [-0.2, 0) is 14.9 Å². The number of carbonyl (C=O) groups is 1. The molecule has 7 nitrogen and oxygen atoms in total. The summed E-state index contributed by atoms with van der Waals surface area (Å²) >= 11 is 0. The maximum Gasteiger partial charge on any atom is 0.222 e. The van der Waals surface area contributed by atoms with Crippen molar-refractivity contribution in [1.82, 2.24) is 14.8 Å². The van der Waals surface area contributed by atoms with E-state index in [1.807, 2.05) is 24.3 Å². The lowest BCUT2D eigenvalue weighted by atomic mass is 9.79. The minimum atomic E-state index is -0.331. The van der Waals surface area contributed by atoms with Gasteiger partial charge in [0.25, 0.3) is 0 Å². The topological polar surface area (TPSA) is 89.3 Å². The monoisotopic (exact) mass is 338 g/mol. The number of amides is 1. The number of pyridine rings is 1. The van der Waals surface area contributed by atoms with Gasteiger partial charge in [-0.05, 0) is 17.7 Å². The van der Waals surface area contributed by atoms with Gasteiger partial charge >= 0.3 is 0 Å². The van der Waals surface area contributed by atoms with Crippen LogP contribution in [0.2, 0.25) is 0 Å². The number of anilines is 1. The summed E-state index contributed by atoms with van der Waals surface area (Å²) in [5.41, 5.74) is 2.42. The first kappa shape index (κ1) is 15.7. The molecule has 0 spiro atoms. The summed E-state index contributed by atoms with van der Waals surface area (Å²) in [6, 6.07) is 9.72. The zero-order chi connectivity index (χ0) is 17.4. The van der Waals surface area contributed by atoms with E-state index in [9.17, 15) is 9.90 Å². The summed E-state index contributed by atoms with van der Waals surface area (Å²) in [4.78, 5) is 15.5. The largest absolute Gasteiger partial charge is 0.395 e. The Labute approximate surface area is 144 Å². The Morgan fingerprint density at radius 1 is 1.36 bits per heavy atom. The van der Waals surface area contributed by atoms with Crippen molar-refractivity contribution in [1.29, 1.82) is 0 Å². The zero-order valence-corrected chi connectivity index (χ0v) is 13.8. The number of aliphatic hydroxyl groups is 1. The SMILES string of the molecule is CC(=O)Nc1cc2c(cn1)cnn2-c1cccc(C2(CO)COC2)c1. The lowest BCUT2D eigenvalue weighted by Gasteiger charge is -2.40. The van der Waals surface area contributed by atoms with Crippen molar-refractivity contribution >= 4 is 22.6 Å². The van der Waals surface area contributed by atoms with E-state index in [1.54, 1.807) is 23.1 Å². The molecule has 0 radical (unpaired) electrons. The highest BCUT2D eigenvalue weighted by Crippen LogP contribution is 2.33. The first-order chi connectivity index (χ1) is 12.1. The summed E-state index contributed by atoms with van der Waals surface area (Å²) < 4.78 is 7.11. The summed E-state index contributed by atoms with van der Waals surface area (Å²) in [6.07, 6.45) is 3.42. The standard InChI is InChI=1S/C18H18N4O3/c1-12(24)21-17-6-16-13(7-19-17)8-20-22(16)15-4-2-3-14(5-15)18(9-23)10-25-11-18/h2-8,23H,9-11H2,1H3,(H,19,21,24). The number of hydrogen-bond acceptors (Lipinski definition) is 5. The van der Waals surface area contributed by atoms with Crippen molar-refractivity contribution < 1.29 is 14.6 Å². The van der Waals surface area contributed by atoms with E-state index in [-0.39, 0.29) is 17.9 Å². The molecule has 0 aliphatic carbocycles. The van der Waals surface area contributed by atoms with Crippen LogP contribution in [0.5, 0.6) is 0 Å². The number of nitrogens with one attached hydrogen (secondary N) is 1. The fraction of sp³-hybridized carbons (Fsp3) is 0.278. The Bertz CT molecular complexity index is 941. The maximum atomic E-state index is 11.3. The molecule has 3 heterocycles. The van der Waals surface area contributed by atoms with E-state index >= 15 is 0 Å². The molecule has 1 aliphatic heterocycles. The van der Waals surface area contributed by atoms with Crippen LogP contribution in [0.25, 0.3) is 16.6 Å². The average Bonchev–Trinajstić information content (AvgIpc) is 2.97. The van der Waals surface area contributed by atoms with E-state index in [2.05, 4.69) is 15.4 Å². The molecule has 0 bridgehead atoms. The smallest absolute Gasteiger partial charge is 0.222 e. The van der Waals surface area contributed by atoms with Crippen molar-refractivity contribution in [2.24, 2.45) is 0 Å². The summed E-state index contributed by atoms with van der Waals surface area (Å²) in [7, 11) is 0.